The number of thiazole rings is 1. The molecule has 0 aliphatic carbocycles. The minimum Gasteiger partial charge on any atom is -0.453 e. The Bertz CT molecular complexity index is 780. The number of benzene rings is 1. The number of amides is 1. The van der Waals surface area contributed by atoms with Crippen LogP contribution in [0.5, 0.6) is 0 Å². The minimum absolute atomic E-state index is 0.260. The van der Waals surface area contributed by atoms with E-state index in [1.165, 1.54) is 11.3 Å². The van der Waals surface area contributed by atoms with Crippen LogP contribution >= 0.6 is 11.3 Å². The lowest BCUT2D eigenvalue weighted by Gasteiger charge is -2.00. The van der Waals surface area contributed by atoms with Gasteiger partial charge in [0.2, 0.25) is 0 Å². The number of furan rings is 1. The van der Waals surface area contributed by atoms with Crippen LogP contribution in [0.1, 0.15) is 21.3 Å². The van der Waals surface area contributed by atoms with Crippen molar-refractivity contribution in [1.29, 1.82) is 0 Å². The van der Waals surface area contributed by atoms with Crippen molar-refractivity contribution in [2.75, 3.05) is 7.11 Å². The number of nitrogens with zero attached hydrogens (tertiary/aromatic N) is 1. The average Bonchev–Trinajstić information content (AvgIpc) is 3.23. The number of rotatable bonds is 6. The fourth-order valence-electron chi connectivity index (χ4n) is 2.10. The molecule has 23 heavy (non-hydrogen) atoms. The molecule has 0 unspecified atom stereocenters. The highest BCUT2D eigenvalue weighted by Gasteiger charge is 2.12. The molecular weight excluding hydrogens is 312 g/mol. The highest BCUT2D eigenvalue weighted by Crippen LogP contribution is 2.21. The molecule has 0 spiro atoms. The summed E-state index contributed by atoms with van der Waals surface area (Å²) in [6.45, 7) is 0.719. The number of ether oxygens (including phenoxy) is 1. The zero-order valence-corrected chi connectivity index (χ0v) is 13.4. The average molecular weight is 328 g/mol. The molecule has 3 aromatic rings. The van der Waals surface area contributed by atoms with Gasteiger partial charge in [-0.05, 0) is 12.1 Å². The SMILES string of the molecule is COCc1ccc(C(=O)NCc2nc(-c3ccccc3)cs2)o1. The van der Waals surface area contributed by atoms with Gasteiger partial charge >= 0.3 is 0 Å². The summed E-state index contributed by atoms with van der Waals surface area (Å²) in [6.07, 6.45) is 0. The summed E-state index contributed by atoms with van der Waals surface area (Å²) >= 11 is 1.52. The molecule has 0 aliphatic rings. The second-order valence-electron chi connectivity index (χ2n) is 4.87. The first-order chi connectivity index (χ1) is 11.3. The van der Waals surface area contributed by atoms with Gasteiger partial charge in [0.1, 0.15) is 17.4 Å². The van der Waals surface area contributed by atoms with Crippen molar-refractivity contribution in [1.82, 2.24) is 10.3 Å². The summed E-state index contributed by atoms with van der Waals surface area (Å²) in [5.74, 6) is 0.638. The van der Waals surface area contributed by atoms with Crippen molar-refractivity contribution in [3.8, 4) is 11.3 Å². The number of nitrogens with one attached hydrogen (secondary N) is 1. The van der Waals surface area contributed by atoms with E-state index in [0.717, 1.165) is 16.3 Å². The first kappa shape index (κ1) is 15.5. The Labute approximate surface area is 137 Å². The molecule has 5 nitrogen and oxygen atoms in total. The molecular formula is C17H16N2O3S. The van der Waals surface area contributed by atoms with Crippen molar-refractivity contribution in [3.63, 3.8) is 0 Å². The lowest BCUT2D eigenvalue weighted by molar-refractivity contribution is 0.0914. The highest BCUT2D eigenvalue weighted by molar-refractivity contribution is 7.09. The number of hydrogen-bond donors (Lipinski definition) is 1. The molecule has 3 rings (SSSR count). The number of carbonyl (C=O) groups excluding carboxylic acids is 1. The zero-order chi connectivity index (χ0) is 16.1. The summed E-state index contributed by atoms with van der Waals surface area (Å²) in [4.78, 5) is 16.6. The van der Waals surface area contributed by atoms with Gasteiger partial charge < -0.3 is 14.5 Å². The number of carbonyl (C=O) groups is 1. The van der Waals surface area contributed by atoms with E-state index in [1.807, 2.05) is 35.7 Å². The maximum atomic E-state index is 12.0. The van der Waals surface area contributed by atoms with Crippen LogP contribution in [-0.2, 0) is 17.9 Å². The van der Waals surface area contributed by atoms with Gasteiger partial charge in [-0.3, -0.25) is 4.79 Å². The van der Waals surface area contributed by atoms with Crippen LogP contribution in [0.3, 0.4) is 0 Å². The van der Waals surface area contributed by atoms with Gasteiger partial charge in [0, 0.05) is 18.1 Å². The topological polar surface area (TPSA) is 64.4 Å². The lowest BCUT2D eigenvalue weighted by Crippen LogP contribution is -2.22. The normalized spacial score (nSPS) is 10.7. The van der Waals surface area contributed by atoms with Gasteiger partial charge in [-0.25, -0.2) is 4.98 Å². The molecule has 0 atom stereocenters. The van der Waals surface area contributed by atoms with E-state index in [9.17, 15) is 4.79 Å². The van der Waals surface area contributed by atoms with Crippen molar-refractivity contribution in [2.45, 2.75) is 13.2 Å². The molecule has 1 aromatic carbocycles. The van der Waals surface area contributed by atoms with Crippen molar-refractivity contribution in [3.05, 3.63) is 64.4 Å². The molecule has 0 radical (unpaired) electrons. The molecule has 6 heteroatoms. The first-order valence-electron chi connectivity index (χ1n) is 7.12. The summed E-state index contributed by atoms with van der Waals surface area (Å²) in [6, 6.07) is 13.3. The van der Waals surface area contributed by atoms with E-state index in [1.54, 1.807) is 19.2 Å². The minimum atomic E-state index is -0.260. The van der Waals surface area contributed by atoms with Crippen LogP contribution in [-0.4, -0.2) is 18.0 Å². The Kier molecular flexibility index (Phi) is 4.85. The first-order valence-corrected chi connectivity index (χ1v) is 8.00. The van der Waals surface area contributed by atoms with Gasteiger partial charge in [-0.15, -0.1) is 11.3 Å². The maximum absolute atomic E-state index is 12.0. The Hall–Kier alpha value is -2.44. The molecule has 2 aromatic heterocycles. The number of hydrogen-bond acceptors (Lipinski definition) is 5. The van der Waals surface area contributed by atoms with Crippen LogP contribution < -0.4 is 5.32 Å². The van der Waals surface area contributed by atoms with E-state index in [-0.39, 0.29) is 11.7 Å². The third-order valence-electron chi connectivity index (χ3n) is 3.19. The van der Waals surface area contributed by atoms with E-state index in [2.05, 4.69) is 10.3 Å². The third-order valence-corrected chi connectivity index (χ3v) is 4.04. The predicted octanol–water partition coefficient (Wildman–Crippen LogP) is 3.48. The van der Waals surface area contributed by atoms with Crippen LogP contribution in [0.2, 0.25) is 0 Å². The van der Waals surface area contributed by atoms with Gasteiger partial charge in [0.15, 0.2) is 5.76 Å². The second kappa shape index (κ2) is 7.21. The fraction of sp³-hybridized carbons (Fsp3) is 0.176. The molecule has 0 fully saturated rings. The van der Waals surface area contributed by atoms with E-state index < -0.39 is 0 Å². The lowest BCUT2D eigenvalue weighted by atomic mass is 10.2. The van der Waals surface area contributed by atoms with Crippen molar-refractivity contribution >= 4 is 17.2 Å². The molecule has 2 heterocycles. The van der Waals surface area contributed by atoms with Crippen LogP contribution in [0.15, 0.2) is 52.3 Å². The summed E-state index contributed by atoms with van der Waals surface area (Å²) < 4.78 is 10.4. The summed E-state index contributed by atoms with van der Waals surface area (Å²) in [5, 5.41) is 5.64. The van der Waals surface area contributed by atoms with Crippen LogP contribution in [0, 0.1) is 0 Å². The highest BCUT2D eigenvalue weighted by atomic mass is 32.1. The van der Waals surface area contributed by atoms with Gasteiger partial charge in [0.05, 0.1) is 12.2 Å². The van der Waals surface area contributed by atoms with Crippen LogP contribution in [0.25, 0.3) is 11.3 Å². The Balaban J connectivity index is 1.60. The summed E-state index contributed by atoms with van der Waals surface area (Å²) in [5.41, 5.74) is 1.98. The second-order valence-corrected chi connectivity index (χ2v) is 5.82. The van der Waals surface area contributed by atoms with E-state index in [0.29, 0.717) is 18.9 Å². The zero-order valence-electron chi connectivity index (χ0n) is 12.6. The molecule has 0 saturated carbocycles. The quantitative estimate of drug-likeness (QED) is 0.752. The molecule has 0 saturated heterocycles. The van der Waals surface area contributed by atoms with Crippen molar-refractivity contribution in [2.24, 2.45) is 0 Å². The van der Waals surface area contributed by atoms with E-state index >= 15 is 0 Å². The van der Waals surface area contributed by atoms with Crippen LogP contribution in [0.4, 0.5) is 0 Å². The maximum Gasteiger partial charge on any atom is 0.287 e. The Morgan fingerprint density at radius 3 is 2.87 bits per heavy atom. The Morgan fingerprint density at radius 2 is 2.09 bits per heavy atom. The molecule has 0 bridgehead atoms. The van der Waals surface area contributed by atoms with Gasteiger partial charge in [-0.2, -0.15) is 0 Å². The standard InChI is InChI=1S/C17H16N2O3S/c1-21-10-13-7-8-15(22-13)17(20)18-9-16-19-14(11-23-16)12-5-3-2-4-6-12/h2-8,11H,9-10H2,1H3,(H,18,20). The molecule has 118 valence electrons. The third kappa shape index (κ3) is 3.85. The van der Waals surface area contributed by atoms with Gasteiger partial charge in [-0.1, -0.05) is 30.3 Å². The van der Waals surface area contributed by atoms with Gasteiger partial charge in [0.25, 0.3) is 5.91 Å². The number of methoxy groups -OCH3 is 1. The van der Waals surface area contributed by atoms with Crippen molar-refractivity contribution < 1.29 is 13.9 Å². The van der Waals surface area contributed by atoms with E-state index in [4.69, 9.17) is 9.15 Å². The Morgan fingerprint density at radius 1 is 1.26 bits per heavy atom. The molecule has 1 N–H and O–H groups in total. The monoisotopic (exact) mass is 328 g/mol. The summed E-state index contributed by atoms with van der Waals surface area (Å²) in [7, 11) is 1.58. The largest absolute Gasteiger partial charge is 0.453 e. The molecule has 1 amide bonds. The predicted molar refractivity (Wildman–Crippen MR) is 88.1 cm³/mol. The molecule has 0 aliphatic heterocycles. The number of aromatic nitrogens is 1. The fourth-order valence-corrected chi connectivity index (χ4v) is 2.84. The smallest absolute Gasteiger partial charge is 0.287 e.